The van der Waals surface area contributed by atoms with Crippen molar-refractivity contribution < 1.29 is 38.1 Å². The highest BCUT2D eigenvalue weighted by atomic mass is 19.1. The number of aromatic hydroxyl groups is 1. The van der Waals surface area contributed by atoms with Gasteiger partial charge in [-0.25, -0.2) is 14.6 Å². The number of nitrogens with one attached hydrogen (secondary N) is 2. The van der Waals surface area contributed by atoms with Crippen LogP contribution in [0.15, 0.2) is 54.7 Å². The number of rotatable bonds is 8. The Labute approximate surface area is 387 Å². The smallest absolute Gasteiger partial charge is 0.324 e. The lowest BCUT2D eigenvalue weighted by atomic mass is 9.84. The van der Waals surface area contributed by atoms with Crippen molar-refractivity contribution in [3.63, 3.8) is 0 Å². The number of benzene rings is 2. The maximum Gasteiger partial charge on any atom is 0.324 e. The first-order chi connectivity index (χ1) is 31.4. The third-order valence-electron chi connectivity index (χ3n) is 13.4. The highest BCUT2D eigenvalue weighted by Gasteiger charge is 2.40. The number of hydrazine groups is 1. The molecule has 4 amide bonds. The van der Waals surface area contributed by atoms with E-state index in [2.05, 4.69) is 60.2 Å². The van der Waals surface area contributed by atoms with Crippen molar-refractivity contribution in [2.75, 3.05) is 40.4 Å². The lowest BCUT2D eigenvalue weighted by Gasteiger charge is -2.39. The standard InChI is InChI=1S/C51H64FN7O7/c1-10-51(52)18-22-57(23-19-51)49(64)56(8)44(31(3)4)46(61)54-41-26-33-24-35(27-36(60)25-33)34-16-17-42-38(28-34)39(45(58(42)11-2)37-14-12-20-53-43(37)32(5)65-9)29-50(6,7)30-66-48(63)40-15-13-21-59(55-40)47(41)62/h1,12,14,16-17,20,24-25,27-28,31-32,40-41,44,55,60H,11,13,15,18-19,21-23,26,29-30H2,2-9H3,(H,54,61)/t32-,40-,41-,44-/m0/s1. The monoisotopic (exact) mass is 905 g/mol. The van der Waals surface area contributed by atoms with E-state index in [0.29, 0.717) is 36.9 Å². The van der Waals surface area contributed by atoms with E-state index in [-0.39, 0.29) is 63.3 Å². The number of cyclic esters (lactones) is 1. The number of likely N-dealkylation sites (tertiary alicyclic amines) is 1. The van der Waals surface area contributed by atoms with E-state index in [4.69, 9.17) is 20.9 Å². The van der Waals surface area contributed by atoms with Gasteiger partial charge >= 0.3 is 12.0 Å². The molecule has 3 aliphatic heterocycles. The van der Waals surface area contributed by atoms with Gasteiger partial charge in [-0.3, -0.25) is 24.4 Å². The van der Waals surface area contributed by atoms with E-state index < -0.39 is 53.0 Å². The summed E-state index contributed by atoms with van der Waals surface area (Å²) in [7, 11) is 3.19. The van der Waals surface area contributed by atoms with Crippen LogP contribution in [-0.4, -0.2) is 117 Å². The van der Waals surface area contributed by atoms with Crippen molar-refractivity contribution in [2.24, 2.45) is 11.3 Å². The van der Waals surface area contributed by atoms with E-state index in [1.807, 2.05) is 39.0 Å². The fourth-order valence-corrected chi connectivity index (χ4v) is 9.79. The summed E-state index contributed by atoms with van der Waals surface area (Å²) >= 11 is 0. The number of piperidine rings is 1. The summed E-state index contributed by atoms with van der Waals surface area (Å²) in [6.45, 7) is 13.0. The number of ether oxygens (including phenoxy) is 2. The molecule has 4 atom stereocenters. The fourth-order valence-electron chi connectivity index (χ4n) is 9.79. The van der Waals surface area contributed by atoms with Gasteiger partial charge in [-0.15, -0.1) is 6.42 Å². The second kappa shape index (κ2) is 19.5. The third-order valence-corrected chi connectivity index (χ3v) is 13.4. The normalized spacial score (nSPS) is 20.8. The van der Waals surface area contributed by atoms with Gasteiger partial charge in [-0.05, 0) is 97.7 Å². The highest BCUT2D eigenvalue weighted by Crippen LogP contribution is 2.42. The van der Waals surface area contributed by atoms with Gasteiger partial charge in [0.25, 0.3) is 5.91 Å². The number of hydrogen-bond donors (Lipinski definition) is 3. The third kappa shape index (κ3) is 9.90. The van der Waals surface area contributed by atoms with Crippen LogP contribution in [0.3, 0.4) is 0 Å². The van der Waals surface area contributed by atoms with Crippen LogP contribution in [0.4, 0.5) is 9.18 Å². The molecule has 0 saturated carbocycles. The van der Waals surface area contributed by atoms with E-state index in [0.717, 1.165) is 39.0 Å². The Balaban J connectivity index is 1.31. The molecule has 3 N–H and O–H groups in total. The molecule has 14 nitrogen and oxygen atoms in total. The first-order valence-electron chi connectivity index (χ1n) is 23.1. The van der Waals surface area contributed by atoms with Gasteiger partial charge in [0, 0.05) is 87.7 Å². The zero-order valence-corrected chi connectivity index (χ0v) is 39.4. The van der Waals surface area contributed by atoms with Crippen LogP contribution >= 0.6 is 0 Å². The number of pyridine rings is 1. The van der Waals surface area contributed by atoms with Crippen LogP contribution in [0.1, 0.15) is 90.2 Å². The van der Waals surface area contributed by atoms with E-state index >= 15 is 0 Å². The summed E-state index contributed by atoms with van der Waals surface area (Å²) in [5, 5.41) is 16.6. The number of alkyl halides is 1. The molecule has 7 rings (SSSR count). The van der Waals surface area contributed by atoms with E-state index in [1.165, 1.54) is 21.9 Å². The van der Waals surface area contributed by atoms with Gasteiger partial charge in [-0.1, -0.05) is 45.7 Å². The Kier molecular flexibility index (Phi) is 14.1. The number of aryl methyl sites for hydroxylation is 1. The summed E-state index contributed by atoms with van der Waals surface area (Å²) in [6.07, 6.45) is 8.30. The van der Waals surface area contributed by atoms with Gasteiger partial charge in [0.05, 0.1) is 24.1 Å². The van der Waals surface area contributed by atoms with Crippen LogP contribution in [0, 0.1) is 23.7 Å². The number of esters is 1. The minimum Gasteiger partial charge on any atom is -0.508 e. The number of terminal acetylenes is 1. The summed E-state index contributed by atoms with van der Waals surface area (Å²) < 4.78 is 29.0. The Hall–Kier alpha value is -5.98. The molecule has 352 valence electrons. The number of nitrogens with zero attached hydrogens (tertiary/aromatic N) is 5. The van der Waals surface area contributed by atoms with Crippen molar-refractivity contribution in [2.45, 2.75) is 117 Å². The van der Waals surface area contributed by atoms with Crippen molar-refractivity contribution >= 4 is 34.7 Å². The SMILES string of the molecule is C#CC1(F)CCN(C(=O)N(C)[C@H](C(=O)N[C@H]2Cc3cc(O)cc(c3)-c3ccc4c(c3)c(c(-c3cccnc3[C@H](C)OC)n4CC)CC(C)(C)COC(=O)[C@@H]3CCCN(N3)C2=O)C(C)C)CC1. The van der Waals surface area contributed by atoms with Gasteiger partial charge in [0.15, 0.2) is 5.67 Å². The summed E-state index contributed by atoms with van der Waals surface area (Å²) in [6, 6.07) is 11.9. The first kappa shape index (κ1) is 48.0. The Morgan fingerprint density at radius 2 is 1.85 bits per heavy atom. The number of phenols is 1. The quantitative estimate of drug-likeness (QED) is 0.126. The topological polar surface area (TPSA) is 159 Å². The minimum absolute atomic E-state index is 0.0127. The number of carbonyl (C=O) groups is 4. The van der Waals surface area contributed by atoms with E-state index in [9.17, 15) is 28.7 Å². The second-order valence-electron chi connectivity index (χ2n) is 19.2. The molecular formula is C51H64FN7O7. The van der Waals surface area contributed by atoms with Crippen LogP contribution < -0.4 is 10.7 Å². The molecule has 2 fully saturated rings. The average molecular weight is 906 g/mol. The lowest BCUT2D eigenvalue weighted by molar-refractivity contribution is -0.155. The molecule has 4 aromatic rings. The summed E-state index contributed by atoms with van der Waals surface area (Å²) in [5.74, 6) is 0.235. The van der Waals surface area contributed by atoms with Crippen LogP contribution in [0.25, 0.3) is 33.3 Å². The molecule has 0 spiro atoms. The largest absolute Gasteiger partial charge is 0.508 e. The molecule has 6 bridgehead atoms. The number of aromatic nitrogens is 2. The molecule has 2 aromatic carbocycles. The molecular weight excluding hydrogens is 842 g/mol. The molecule has 0 aliphatic carbocycles. The summed E-state index contributed by atoms with van der Waals surface area (Å²) in [5.41, 5.74) is 7.65. The van der Waals surface area contributed by atoms with Gasteiger partial charge in [-0.2, -0.15) is 0 Å². The number of urea groups is 1. The van der Waals surface area contributed by atoms with Gasteiger partial charge < -0.3 is 34.3 Å². The predicted octanol–water partition coefficient (Wildman–Crippen LogP) is 6.97. The zero-order valence-electron chi connectivity index (χ0n) is 39.4. The number of halogens is 1. The van der Waals surface area contributed by atoms with Crippen molar-refractivity contribution in [1.29, 1.82) is 0 Å². The number of amides is 4. The Bertz CT molecular complexity index is 2520. The molecule has 3 aliphatic rings. The average Bonchev–Trinajstić information content (AvgIpc) is 3.60. The van der Waals surface area contributed by atoms with Crippen LogP contribution in [-0.2, 0) is 43.2 Å². The van der Waals surface area contributed by atoms with Crippen molar-refractivity contribution in [3.05, 3.63) is 71.5 Å². The van der Waals surface area contributed by atoms with Gasteiger partial charge in [0.2, 0.25) is 5.91 Å². The molecule has 15 heteroatoms. The number of carbonyl (C=O) groups excluding carboxylic acids is 4. The number of hydrogen-bond acceptors (Lipinski definition) is 9. The van der Waals surface area contributed by atoms with Crippen LogP contribution in [0.2, 0.25) is 0 Å². The Morgan fingerprint density at radius 3 is 2.53 bits per heavy atom. The van der Waals surface area contributed by atoms with Gasteiger partial charge in [0.1, 0.15) is 23.9 Å². The van der Waals surface area contributed by atoms with Crippen molar-refractivity contribution in [3.8, 4) is 40.5 Å². The lowest BCUT2D eigenvalue weighted by Crippen LogP contribution is -2.62. The number of likely N-dealkylation sites (N-methyl/N-ethyl adjacent to an activating group) is 1. The first-order valence-corrected chi connectivity index (χ1v) is 23.1. The maximum atomic E-state index is 14.9. The zero-order chi connectivity index (χ0) is 47.7. The molecule has 66 heavy (non-hydrogen) atoms. The number of fused-ring (bicyclic) bond motifs is 6. The number of phenolic OH excluding ortho intramolecular Hbond substituents is 1. The number of methoxy groups -OCH3 is 1. The highest BCUT2D eigenvalue weighted by molar-refractivity contribution is 5.96. The van der Waals surface area contributed by atoms with Crippen molar-refractivity contribution in [1.82, 2.24) is 35.1 Å². The molecule has 5 heterocycles. The molecule has 0 unspecified atom stereocenters. The molecule has 2 saturated heterocycles. The Morgan fingerprint density at radius 1 is 1.11 bits per heavy atom. The second-order valence-corrected chi connectivity index (χ2v) is 19.2. The molecule has 0 radical (unpaired) electrons. The summed E-state index contributed by atoms with van der Waals surface area (Å²) in [4.78, 5) is 64.5. The molecule has 2 aromatic heterocycles. The van der Waals surface area contributed by atoms with E-state index in [1.54, 1.807) is 25.4 Å². The fraction of sp³-hybridized carbons (Fsp3) is 0.510. The predicted molar refractivity (Wildman–Crippen MR) is 251 cm³/mol. The maximum absolute atomic E-state index is 14.9. The minimum atomic E-state index is -1.79. The van der Waals surface area contributed by atoms with Crippen LogP contribution in [0.5, 0.6) is 5.75 Å².